The van der Waals surface area contributed by atoms with Crippen molar-refractivity contribution in [3.63, 3.8) is 0 Å². The molecular weight excluding hydrogens is 257 g/mol. The summed E-state index contributed by atoms with van der Waals surface area (Å²) in [7, 11) is 0. The molecule has 0 unspecified atom stereocenters. The van der Waals surface area contributed by atoms with Gasteiger partial charge in [0.15, 0.2) is 0 Å². The highest BCUT2D eigenvalue weighted by Gasteiger charge is 2.00. The lowest BCUT2D eigenvalue weighted by Gasteiger charge is -2.05. The molecule has 0 aromatic heterocycles. The molecule has 0 saturated carbocycles. The molecule has 0 aliphatic rings. The molecule has 0 radical (unpaired) electrons. The number of carbonyl (C=O) groups is 1. The van der Waals surface area contributed by atoms with Gasteiger partial charge >= 0.3 is 0 Å². The molecule has 4 heteroatoms. The molecule has 1 rings (SSSR count). The third-order valence-electron chi connectivity index (χ3n) is 2.41. The van der Waals surface area contributed by atoms with Crippen molar-refractivity contribution in [3.8, 4) is 0 Å². The molecule has 17 heavy (non-hydrogen) atoms. The van der Waals surface area contributed by atoms with Crippen molar-refractivity contribution < 1.29 is 4.79 Å². The minimum Gasteiger partial charge on any atom is -0.356 e. The van der Waals surface area contributed by atoms with Gasteiger partial charge in [-0.25, -0.2) is 0 Å². The maximum absolute atomic E-state index is 11.4. The minimum atomic E-state index is 0.0946. The molecule has 0 aliphatic carbocycles. The van der Waals surface area contributed by atoms with E-state index >= 15 is 0 Å². The highest BCUT2D eigenvalue weighted by atomic mass is 35.5. The lowest BCUT2D eigenvalue weighted by Crippen LogP contribution is -2.25. The molecule has 1 amide bonds. The Morgan fingerprint density at radius 3 is 2.82 bits per heavy atom. The summed E-state index contributed by atoms with van der Waals surface area (Å²) in [5.74, 6) is 0.715. The number of alkyl halides is 1. The number of amides is 1. The maximum Gasteiger partial charge on any atom is 0.220 e. The minimum absolute atomic E-state index is 0.0946. The van der Waals surface area contributed by atoms with Crippen LogP contribution in [0.4, 0.5) is 0 Å². The molecule has 94 valence electrons. The summed E-state index contributed by atoms with van der Waals surface area (Å²) in [6, 6.07) is 7.68. The molecule has 0 atom stereocenters. The van der Waals surface area contributed by atoms with Gasteiger partial charge in [0.1, 0.15) is 0 Å². The van der Waals surface area contributed by atoms with Crippen molar-refractivity contribution in [1.82, 2.24) is 5.32 Å². The van der Waals surface area contributed by atoms with Crippen LogP contribution in [0.25, 0.3) is 0 Å². The number of nitrogens with one attached hydrogen (secondary N) is 1. The summed E-state index contributed by atoms with van der Waals surface area (Å²) < 4.78 is 0. The normalized spacial score (nSPS) is 10.2. The molecule has 0 aliphatic heterocycles. The van der Waals surface area contributed by atoms with E-state index in [9.17, 15) is 4.79 Å². The van der Waals surface area contributed by atoms with Crippen LogP contribution in [0.15, 0.2) is 24.3 Å². The molecule has 2 nitrogen and oxygen atoms in total. The van der Waals surface area contributed by atoms with Gasteiger partial charge in [0.25, 0.3) is 0 Å². The van der Waals surface area contributed by atoms with E-state index in [1.807, 2.05) is 24.3 Å². The van der Waals surface area contributed by atoms with Crippen molar-refractivity contribution in [2.75, 3.05) is 12.4 Å². The standard InChI is InChI=1S/C13H17Cl2NO/c14-8-2-1-6-13(17)16-9-7-11-4-3-5-12(15)10-11/h3-5,10H,1-2,6-9H2,(H,16,17). The van der Waals surface area contributed by atoms with E-state index in [0.717, 1.165) is 29.8 Å². The maximum atomic E-state index is 11.4. The van der Waals surface area contributed by atoms with Gasteiger partial charge in [0, 0.05) is 23.9 Å². The van der Waals surface area contributed by atoms with Crippen molar-refractivity contribution in [1.29, 1.82) is 0 Å². The largest absolute Gasteiger partial charge is 0.356 e. The lowest BCUT2D eigenvalue weighted by atomic mass is 10.1. The molecule has 0 spiro atoms. The van der Waals surface area contributed by atoms with E-state index in [0.29, 0.717) is 18.8 Å². The number of carbonyl (C=O) groups excluding carboxylic acids is 1. The Labute approximate surface area is 112 Å². The van der Waals surface area contributed by atoms with Crippen LogP contribution < -0.4 is 5.32 Å². The molecule has 0 bridgehead atoms. The number of benzene rings is 1. The first-order chi connectivity index (χ1) is 8.22. The van der Waals surface area contributed by atoms with Crippen LogP contribution in [-0.2, 0) is 11.2 Å². The zero-order valence-corrected chi connectivity index (χ0v) is 11.2. The van der Waals surface area contributed by atoms with Crippen LogP contribution in [0.5, 0.6) is 0 Å². The van der Waals surface area contributed by atoms with Crippen LogP contribution in [0, 0.1) is 0 Å². The van der Waals surface area contributed by atoms with E-state index in [2.05, 4.69) is 5.32 Å². The Morgan fingerprint density at radius 2 is 2.12 bits per heavy atom. The fourth-order valence-corrected chi connectivity index (χ4v) is 1.91. The van der Waals surface area contributed by atoms with Gasteiger partial charge in [0.05, 0.1) is 0 Å². The fraction of sp³-hybridized carbons (Fsp3) is 0.462. The third-order valence-corrected chi connectivity index (χ3v) is 2.91. The Morgan fingerprint density at radius 1 is 1.29 bits per heavy atom. The smallest absolute Gasteiger partial charge is 0.220 e. The highest BCUT2D eigenvalue weighted by molar-refractivity contribution is 6.30. The number of halogens is 2. The number of rotatable bonds is 7. The van der Waals surface area contributed by atoms with Gasteiger partial charge < -0.3 is 5.32 Å². The Hall–Kier alpha value is -0.730. The second-order valence-corrected chi connectivity index (χ2v) is 4.69. The summed E-state index contributed by atoms with van der Waals surface area (Å²) in [5.41, 5.74) is 1.14. The zero-order valence-electron chi connectivity index (χ0n) is 9.72. The summed E-state index contributed by atoms with van der Waals surface area (Å²) >= 11 is 11.4. The van der Waals surface area contributed by atoms with E-state index < -0.39 is 0 Å². The summed E-state index contributed by atoms with van der Waals surface area (Å²) in [5, 5.41) is 3.62. The molecule has 0 heterocycles. The topological polar surface area (TPSA) is 29.1 Å². The predicted molar refractivity (Wildman–Crippen MR) is 72.7 cm³/mol. The molecule has 0 saturated heterocycles. The van der Waals surface area contributed by atoms with Gasteiger partial charge in [-0.1, -0.05) is 23.7 Å². The van der Waals surface area contributed by atoms with Crippen molar-refractivity contribution in [2.24, 2.45) is 0 Å². The Kier molecular flexibility index (Phi) is 7.06. The average molecular weight is 274 g/mol. The molecule has 0 fully saturated rings. The molecule has 1 aromatic carbocycles. The molecular formula is C13H17Cl2NO. The predicted octanol–water partition coefficient (Wildman–Crippen LogP) is 3.41. The molecule has 1 N–H and O–H groups in total. The first-order valence-corrected chi connectivity index (χ1v) is 6.70. The summed E-state index contributed by atoms with van der Waals surface area (Å²) in [4.78, 5) is 11.4. The van der Waals surface area contributed by atoms with Gasteiger partial charge in [-0.3, -0.25) is 4.79 Å². The summed E-state index contributed by atoms with van der Waals surface area (Å²) in [6.45, 7) is 0.653. The monoisotopic (exact) mass is 273 g/mol. The number of hydrogen-bond donors (Lipinski definition) is 1. The van der Waals surface area contributed by atoms with Gasteiger partial charge in [-0.15, -0.1) is 11.6 Å². The third kappa shape index (κ3) is 6.54. The second kappa shape index (κ2) is 8.37. The Balaban J connectivity index is 2.17. The van der Waals surface area contributed by atoms with Crippen LogP contribution >= 0.6 is 23.2 Å². The number of hydrogen-bond acceptors (Lipinski definition) is 1. The number of unbranched alkanes of at least 4 members (excludes halogenated alkanes) is 1. The second-order valence-electron chi connectivity index (χ2n) is 3.88. The van der Waals surface area contributed by atoms with E-state index in [4.69, 9.17) is 23.2 Å². The zero-order chi connectivity index (χ0) is 12.5. The first kappa shape index (κ1) is 14.3. The SMILES string of the molecule is O=C(CCCCCl)NCCc1cccc(Cl)c1. The van der Waals surface area contributed by atoms with E-state index in [-0.39, 0.29) is 5.91 Å². The quantitative estimate of drug-likeness (QED) is 0.599. The summed E-state index contributed by atoms with van der Waals surface area (Å²) in [6.07, 6.45) is 3.11. The lowest BCUT2D eigenvalue weighted by molar-refractivity contribution is -0.121. The average Bonchev–Trinajstić information content (AvgIpc) is 2.29. The fourth-order valence-electron chi connectivity index (χ4n) is 1.51. The van der Waals surface area contributed by atoms with Crippen LogP contribution in [0.1, 0.15) is 24.8 Å². The first-order valence-electron chi connectivity index (χ1n) is 5.79. The van der Waals surface area contributed by atoms with E-state index in [1.165, 1.54) is 0 Å². The van der Waals surface area contributed by atoms with Gasteiger partial charge in [-0.2, -0.15) is 0 Å². The van der Waals surface area contributed by atoms with Gasteiger partial charge in [0.2, 0.25) is 5.91 Å². The van der Waals surface area contributed by atoms with Gasteiger partial charge in [-0.05, 0) is 37.0 Å². The van der Waals surface area contributed by atoms with Crippen molar-refractivity contribution in [2.45, 2.75) is 25.7 Å². The van der Waals surface area contributed by atoms with Crippen LogP contribution in [-0.4, -0.2) is 18.3 Å². The van der Waals surface area contributed by atoms with E-state index in [1.54, 1.807) is 0 Å². The van der Waals surface area contributed by atoms with Crippen LogP contribution in [0.3, 0.4) is 0 Å². The van der Waals surface area contributed by atoms with Crippen molar-refractivity contribution >= 4 is 29.1 Å². The Bertz CT molecular complexity index is 355. The van der Waals surface area contributed by atoms with Crippen LogP contribution in [0.2, 0.25) is 5.02 Å². The molecule has 1 aromatic rings. The van der Waals surface area contributed by atoms with Crippen molar-refractivity contribution in [3.05, 3.63) is 34.9 Å². The highest BCUT2D eigenvalue weighted by Crippen LogP contribution is 2.10.